The fraction of sp³-hybridized carbons (Fsp3) is 0. The average molecular weight is 522 g/mol. The number of furan rings is 1. The van der Waals surface area contributed by atoms with E-state index in [4.69, 9.17) is 16.0 Å². The van der Waals surface area contributed by atoms with Crippen LogP contribution in [0.4, 0.5) is 17.1 Å². The van der Waals surface area contributed by atoms with Gasteiger partial charge in [0.25, 0.3) is 0 Å². The number of nitrogens with zero attached hydrogens (tertiary/aromatic N) is 1. The zero-order chi connectivity index (χ0) is 26.2. The molecule has 6 aromatic carbocycles. The molecule has 0 fully saturated rings. The number of hydrogen-bond acceptors (Lipinski definition) is 2. The van der Waals surface area contributed by atoms with Crippen LogP contribution in [-0.2, 0) is 0 Å². The second-order valence-electron chi connectivity index (χ2n) is 9.56. The summed E-state index contributed by atoms with van der Waals surface area (Å²) in [5.74, 6) is 0. The largest absolute Gasteiger partial charge is 0.456 e. The molecule has 0 aliphatic rings. The Morgan fingerprint density at radius 1 is 0.462 bits per heavy atom. The SMILES string of the molecule is Clc1ccc2c(c1)oc1cccc(N(c3cccc(-c4ccccc4)c3)c3cccc(-c4ccccc4)c3)c12. The van der Waals surface area contributed by atoms with Gasteiger partial charge in [-0.15, -0.1) is 0 Å². The molecule has 0 amide bonds. The zero-order valence-corrected chi connectivity index (χ0v) is 21.8. The summed E-state index contributed by atoms with van der Waals surface area (Å²) in [6.45, 7) is 0. The van der Waals surface area contributed by atoms with E-state index in [-0.39, 0.29) is 0 Å². The standard InChI is InChI=1S/C36H24ClNO/c37-29-20-21-32-35(24-29)39-34-19-9-18-33(36(32)34)38(30-16-7-14-27(22-30)25-10-3-1-4-11-25)31-17-8-15-28(23-31)26-12-5-2-6-13-26/h1-24H. The number of fused-ring (bicyclic) bond motifs is 3. The quantitative estimate of drug-likeness (QED) is 0.224. The van der Waals surface area contributed by atoms with Gasteiger partial charge in [0.2, 0.25) is 0 Å². The van der Waals surface area contributed by atoms with Crippen molar-refractivity contribution in [1.29, 1.82) is 0 Å². The van der Waals surface area contributed by atoms with Crippen LogP contribution in [-0.4, -0.2) is 0 Å². The highest BCUT2D eigenvalue weighted by molar-refractivity contribution is 6.31. The van der Waals surface area contributed by atoms with Crippen molar-refractivity contribution in [3.63, 3.8) is 0 Å². The highest BCUT2D eigenvalue weighted by Gasteiger charge is 2.20. The molecule has 0 aliphatic heterocycles. The van der Waals surface area contributed by atoms with Crippen LogP contribution in [0.1, 0.15) is 0 Å². The predicted octanol–water partition coefficient (Wildman–Crippen LogP) is 11.0. The second-order valence-corrected chi connectivity index (χ2v) is 10.00. The first kappa shape index (κ1) is 23.3. The van der Waals surface area contributed by atoms with Crippen molar-refractivity contribution in [2.45, 2.75) is 0 Å². The Hall–Kier alpha value is -4.79. The molecule has 39 heavy (non-hydrogen) atoms. The van der Waals surface area contributed by atoms with E-state index in [0.717, 1.165) is 50.1 Å². The summed E-state index contributed by atoms with van der Waals surface area (Å²) in [5, 5.41) is 2.75. The van der Waals surface area contributed by atoms with Crippen LogP contribution < -0.4 is 4.90 Å². The minimum atomic E-state index is 0.658. The summed E-state index contributed by atoms with van der Waals surface area (Å²) >= 11 is 6.32. The lowest BCUT2D eigenvalue weighted by atomic mass is 10.0. The van der Waals surface area contributed by atoms with Crippen molar-refractivity contribution in [2.24, 2.45) is 0 Å². The van der Waals surface area contributed by atoms with Gasteiger partial charge in [0.15, 0.2) is 0 Å². The van der Waals surface area contributed by atoms with Gasteiger partial charge in [-0.05, 0) is 70.8 Å². The number of anilines is 3. The third kappa shape index (κ3) is 4.35. The topological polar surface area (TPSA) is 16.4 Å². The van der Waals surface area contributed by atoms with Crippen molar-refractivity contribution in [1.82, 2.24) is 0 Å². The molecule has 0 saturated carbocycles. The Kier molecular flexibility index (Phi) is 5.88. The molecule has 0 radical (unpaired) electrons. The molecule has 186 valence electrons. The highest BCUT2D eigenvalue weighted by atomic mass is 35.5. The van der Waals surface area contributed by atoms with Crippen molar-refractivity contribution < 1.29 is 4.42 Å². The van der Waals surface area contributed by atoms with Gasteiger partial charge in [-0.3, -0.25) is 0 Å². The van der Waals surface area contributed by atoms with Crippen LogP contribution in [0, 0.1) is 0 Å². The minimum absolute atomic E-state index is 0.658. The first-order valence-corrected chi connectivity index (χ1v) is 13.3. The maximum absolute atomic E-state index is 6.32. The molecule has 2 nitrogen and oxygen atoms in total. The Morgan fingerprint density at radius 2 is 1.03 bits per heavy atom. The molecular weight excluding hydrogens is 498 g/mol. The van der Waals surface area contributed by atoms with Crippen molar-refractivity contribution >= 4 is 50.6 Å². The molecule has 0 bridgehead atoms. The Bertz CT molecular complexity index is 1840. The van der Waals surface area contributed by atoms with Crippen LogP contribution >= 0.6 is 11.6 Å². The third-order valence-corrected chi connectivity index (χ3v) is 7.34. The number of halogens is 1. The Morgan fingerprint density at radius 3 is 1.64 bits per heavy atom. The lowest BCUT2D eigenvalue weighted by Gasteiger charge is -2.27. The van der Waals surface area contributed by atoms with E-state index in [9.17, 15) is 0 Å². The molecule has 7 rings (SSSR count). The molecule has 0 atom stereocenters. The summed E-state index contributed by atoms with van der Waals surface area (Å²) in [6, 6.07) is 50.5. The highest BCUT2D eigenvalue weighted by Crippen LogP contribution is 2.44. The van der Waals surface area contributed by atoms with Crippen LogP contribution in [0.2, 0.25) is 5.02 Å². The fourth-order valence-electron chi connectivity index (χ4n) is 5.30. The van der Waals surface area contributed by atoms with Gasteiger partial charge in [0.1, 0.15) is 11.2 Å². The van der Waals surface area contributed by atoms with Gasteiger partial charge in [-0.2, -0.15) is 0 Å². The normalized spacial score (nSPS) is 11.2. The number of hydrogen-bond donors (Lipinski definition) is 0. The molecule has 0 unspecified atom stereocenters. The van der Waals surface area contributed by atoms with E-state index in [1.807, 2.05) is 36.4 Å². The first-order valence-electron chi connectivity index (χ1n) is 13.0. The lowest BCUT2D eigenvalue weighted by Crippen LogP contribution is -2.10. The average Bonchev–Trinajstić information content (AvgIpc) is 3.37. The van der Waals surface area contributed by atoms with Gasteiger partial charge in [0.05, 0.1) is 11.1 Å². The molecule has 0 saturated heterocycles. The summed E-state index contributed by atoms with van der Waals surface area (Å²) in [6.07, 6.45) is 0. The number of rotatable bonds is 5. The first-order chi connectivity index (χ1) is 19.2. The molecule has 0 aliphatic carbocycles. The fourth-order valence-corrected chi connectivity index (χ4v) is 5.47. The van der Waals surface area contributed by atoms with Crippen LogP contribution in [0.25, 0.3) is 44.2 Å². The minimum Gasteiger partial charge on any atom is -0.456 e. The predicted molar refractivity (Wildman–Crippen MR) is 164 cm³/mol. The number of benzene rings is 6. The summed E-state index contributed by atoms with van der Waals surface area (Å²) in [7, 11) is 0. The van der Waals surface area contributed by atoms with Crippen molar-refractivity contribution in [3.8, 4) is 22.3 Å². The summed E-state index contributed by atoms with van der Waals surface area (Å²) < 4.78 is 6.27. The molecule has 1 aromatic heterocycles. The van der Waals surface area contributed by atoms with E-state index in [2.05, 4.69) is 114 Å². The molecule has 7 aromatic rings. The molecule has 0 spiro atoms. The molecule has 3 heteroatoms. The molecule has 0 N–H and O–H groups in total. The molecule has 1 heterocycles. The van der Waals surface area contributed by atoms with Crippen LogP contribution in [0.15, 0.2) is 150 Å². The van der Waals surface area contributed by atoms with Gasteiger partial charge in [0, 0.05) is 27.8 Å². The lowest BCUT2D eigenvalue weighted by molar-refractivity contribution is 0.669. The van der Waals surface area contributed by atoms with Crippen LogP contribution in [0.3, 0.4) is 0 Å². The maximum atomic E-state index is 6.32. The van der Waals surface area contributed by atoms with Gasteiger partial charge < -0.3 is 9.32 Å². The Labute approximate surface area is 232 Å². The van der Waals surface area contributed by atoms with Crippen molar-refractivity contribution in [3.05, 3.63) is 151 Å². The summed E-state index contributed by atoms with van der Waals surface area (Å²) in [4.78, 5) is 2.32. The zero-order valence-electron chi connectivity index (χ0n) is 21.1. The second kappa shape index (κ2) is 9.83. The maximum Gasteiger partial charge on any atom is 0.137 e. The van der Waals surface area contributed by atoms with Gasteiger partial charge in [-0.1, -0.05) is 103 Å². The van der Waals surface area contributed by atoms with E-state index in [1.54, 1.807) is 0 Å². The van der Waals surface area contributed by atoms with Crippen molar-refractivity contribution in [2.75, 3.05) is 4.90 Å². The van der Waals surface area contributed by atoms with E-state index < -0.39 is 0 Å². The molecular formula is C36H24ClNO. The van der Waals surface area contributed by atoms with Gasteiger partial charge in [-0.25, -0.2) is 0 Å². The van der Waals surface area contributed by atoms with E-state index in [0.29, 0.717) is 5.02 Å². The van der Waals surface area contributed by atoms with E-state index in [1.165, 1.54) is 11.1 Å². The Balaban J connectivity index is 1.49. The van der Waals surface area contributed by atoms with Crippen LogP contribution in [0.5, 0.6) is 0 Å². The monoisotopic (exact) mass is 521 g/mol. The van der Waals surface area contributed by atoms with Gasteiger partial charge >= 0.3 is 0 Å². The summed E-state index contributed by atoms with van der Waals surface area (Å²) in [5.41, 5.74) is 9.47. The smallest absolute Gasteiger partial charge is 0.137 e. The van der Waals surface area contributed by atoms with E-state index >= 15 is 0 Å². The third-order valence-electron chi connectivity index (χ3n) is 7.10.